The second-order valence-corrected chi connectivity index (χ2v) is 5.25. The lowest BCUT2D eigenvalue weighted by Crippen LogP contribution is -2.45. The number of aliphatic hydroxyl groups excluding tert-OH is 2. The topological polar surface area (TPSA) is 43.7 Å². The van der Waals surface area contributed by atoms with Gasteiger partial charge in [0.25, 0.3) is 0 Å². The Hall–Kier alpha value is -0.120. The van der Waals surface area contributed by atoms with E-state index in [9.17, 15) is 10.2 Å². The van der Waals surface area contributed by atoms with Crippen LogP contribution >= 0.6 is 0 Å². The van der Waals surface area contributed by atoms with Crippen molar-refractivity contribution in [3.05, 3.63) is 0 Å². The highest BCUT2D eigenvalue weighted by Crippen LogP contribution is 2.25. The highest BCUT2D eigenvalue weighted by molar-refractivity contribution is 4.81. The van der Waals surface area contributed by atoms with E-state index >= 15 is 0 Å². The molecule has 1 fully saturated rings. The van der Waals surface area contributed by atoms with E-state index in [1.165, 1.54) is 0 Å². The molecule has 3 heteroatoms. The standard InChI is InChI=1S/C12H25NO2/c1-3-6-12(2,10-14)9-13-7-4-5-11(15)8-13/h11,14-15H,3-10H2,1-2H3. The Morgan fingerprint density at radius 2 is 2.20 bits per heavy atom. The van der Waals surface area contributed by atoms with E-state index in [0.29, 0.717) is 0 Å². The van der Waals surface area contributed by atoms with Crippen molar-refractivity contribution in [2.75, 3.05) is 26.2 Å². The van der Waals surface area contributed by atoms with Gasteiger partial charge in [0, 0.05) is 25.1 Å². The third kappa shape index (κ3) is 4.09. The number of likely N-dealkylation sites (tertiary alicyclic amines) is 1. The van der Waals surface area contributed by atoms with Gasteiger partial charge in [-0.3, -0.25) is 0 Å². The van der Waals surface area contributed by atoms with Crippen LogP contribution in [0.25, 0.3) is 0 Å². The molecule has 0 aliphatic carbocycles. The molecule has 0 aromatic heterocycles. The summed E-state index contributed by atoms with van der Waals surface area (Å²) < 4.78 is 0. The minimum Gasteiger partial charge on any atom is -0.396 e. The Labute approximate surface area is 93.1 Å². The lowest BCUT2D eigenvalue weighted by atomic mass is 9.85. The molecule has 15 heavy (non-hydrogen) atoms. The summed E-state index contributed by atoms with van der Waals surface area (Å²) in [4.78, 5) is 2.29. The van der Waals surface area contributed by atoms with Gasteiger partial charge in [-0.25, -0.2) is 0 Å². The van der Waals surface area contributed by atoms with Crippen molar-refractivity contribution >= 4 is 0 Å². The molecule has 90 valence electrons. The number of hydrogen-bond acceptors (Lipinski definition) is 3. The smallest absolute Gasteiger partial charge is 0.0667 e. The fourth-order valence-electron chi connectivity index (χ4n) is 2.53. The van der Waals surface area contributed by atoms with Crippen molar-refractivity contribution in [2.45, 2.75) is 45.6 Å². The zero-order valence-electron chi connectivity index (χ0n) is 10.1. The summed E-state index contributed by atoms with van der Waals surface area (Å²) in [6, 6.07) is 0. The van der Waals surface area contributed by atoms with E-state index in [-0.39, 0.29) is 18.1 Å². The van der Waals surface area contributed by atoms with Crippen LogP contribution in [-0.2, 0) is 0 Å². The fraction of sp³-hybridized carbons (Fsp3) is 1.00. The van der Waals surface area contributed by atoms with Crippen LogP contribution in [0.15, 0.2) is 0 Å². The van der Waals surface area contributed by atoms with Crippen LogP contribution in [0.5, 0.6) is 0 Å². The molecule has 2 unspecified atom stereocenters. The molecule has 0 bridgehead atoms. The van der Waals surface area contributed by atoms with Gasteiger partial charge in [-0.1, -0.05) is 20.3 Å². The lowest BCUT2D eigenvalue weighted by molar-refractivity contribution is 0.0251. The normalized spacial score (nSPS) is 27.6. The van der Waals surface area contributed by atoms with Gasteiger partial charge in [0.2, 0.25) is 0 Å². The average molecular weight is 215 g/mol. The average Bonchev–Trinajstić information content (AvgIpc) is 2.18. The maximum Gasteiger partial charge on any atom is 0.0667 e. The molecular formula is C12H25NO2. The quantitative estimate of drug-likeness (QED) is 0.725. The predicted octanol–water partition coefficient (Wildman–Crippen LogP) is 1.24. The van der Waals surface area contributed by atoms with Gasteiger partial charge >= 0.3 is 0 Å². The van der Waals surface area contributed by atoms with E-state index in [4.69, 9.17) is 0 Å². The molecule has 0 aromatic carbocycles. The van der Waals surface area contributed by atoms with Gasteiger partial charge in [-0.05, 0) is 25.8 Å². The molecule has 1 aliphatic rings. The molecule has 0 spiro atoms. The molecular weight excluding hydrogens is 190 g/mol. The van der Waals surface area contributed by atoms with Crippen molar-refractivity contribution < 1.29 is 10.2 Å². The summed E-state index contributed by atoms with van der Waals surface area (Å²) in [6.45, 7) is 7.29. The molecule has 1 saturated heterocycles. The second kappa shape index (κ2) is 5.83. The first-order chi connectivity index (χ1) is 7.09. The van der Waals surface area contributed by atoms with Crippen LogP contribution in [0.2, 0.25) is 0 Å². The lowest BCUT2D eigenvalue weighted by Gasteiger charge is -2.37. The minimum atomic E-state index is -0.164. The zero-order chi connectivity index (χ0) is 11.3. The molecule has 0 radical (unpaired) electrons. The van der Waals surface area contributed by atoms with Crippen LogP contribution in [0.3, 0.4) is 0 Å². The van der Waals surface area contributed by atoms with Gasteiger partial charge in [0.15, 0.2) is 0 Å². The van der Waals surface area contributed by atoms with Crippen molar-refractivity contribution in [3.8, 4) is 0 Å². The van der Waals surface area contributed by atoms with Gasteiger partial charge < -0.3 is 15.1 Å². The third-order valence-electron chi connectivity index (χ3n) is 3.32. The number of aliphatic hydroxyl groups is 2. The van der Waals surface area contributed by atoms with E-state index in [0.717, 1.165) is 45.3 Å². The maximum absolute atomic E-state index is 9.57. The molecule has 1 heterocycles. The van der Waals surface area contributed by atoms with Gasteiger partial charge in [0.05, 0.1) is 6.10 Å². The summed E-state index contributed by atoms with van der Waals surface area (Å²) in [5, 5.41) is 19.0. The van der Waals surface area contributed by atoms with E-state index in [2.05, 4.69) is 18.7 Å². The molecule has 0 amide bonds. The Bertz CT molecular complexity index is 186. The van der Waals surface area contributed by atoms with Crippen LogP contribution in [-0.4, -0.2) is 47.5 Å². The molecule has 0 saturated carbocycles. The number of β-amino-alcohol motifs (C(OH)–C–C–N with tert-alkyl or cyclic N) is 1. The number of rotatable bonds is 5. The van der Waals surface area contributed by atoms with Gasteiger partial charge in [-0.2, -0.15) is 0 Å². The Morgan fingerprint density at radius 1 is 1.47 bits per heavy atom. The van der Waals surface area contributed by atoms with Crippen molar-refractivity contribution in [2.24, 2.45) is 5.41 Å². The summed E-state index contributed by atoms with van der Waals surface area (Å²) >= 11 is 0. The molecule has 1 aliphatic heterocycles. The third-order valence-corrected chi connectivity index (χ3v) is 3.32. The molecule has 2 N–H and O–H groups in total. The van der Waals surface area contributed by atoms with Crippen molar-refractivity contribution in [1.82, 2.24) is 4.90 Å². The highest BCUT2D eigenvalue weighted by atomic mass is 16.3. The molecule has 1 rings (SSSR count). The van der Waals surface area contributed by atoms with Crippen LogP contribution in [0.4, 0.5) is 0 Å². The van der Waals surface area contributed by atoms with E-state index in [1.54, 1.807) is 0 Å². The van der Waals surface area contributed by atoms with Gasteiger partial charge in [-0.15, -0.1) is 0 Å². The van der Waals surface area contributed by atoms with Crippen LogP contribution in [0, 0.1) is 5.41 Å². The maximum atomic E-state index is 9.57. The Balaban J connectivity index is 2.43. The molecule has 3 nitrogen and oxygen atoms in total. The van der Waals surface area contributed by atoms with Crippen LogP contribution < -0.4 is 0 Å². The summed E-state index contributed by atoms with van der Waals surface area (Å²) in [5.74, 6) is 0. The number of piperidine rings is 1. The first kappa shape index (κ1) is 12.9. The van der Waals surface area contributed by atoms with Gasteiger partial charge in [0.1, 0.15) is 0 Å². The van der Waals surface area contributed by atoms with E-state index in [1.807, 2.05) is 0 Å². The molecule has 0 aromatic rings. The summed E-state index contributed by atoms with van der Waals surface area (Å²) in [6.07, 6.45) is 4.00. The Kier molecular flexibility index (Phi) is 5.03. The predicted molar refractivity (Wildman–Crippen MR) is 61.8 cm³/mol. The summed E-state index contributed by atoms with van der Waals surface area (Å²) in [5.41, 5.74) is 0.00576. The monoisotopic (exact) mass is 215 g/mol. The number of nitrogens with zero attached hydrogens (tertiary/aromatic N) is 1. The van der Waals surface area contributed by atoms with Crippen LogP contribution in [0.1, 0.15) is 39.5 Å². The SMILES string of the molecule is CCCC(C)(CO)CN1CCCC(O)C1. The van der Waals surface area contributed by atoms with E-state index < -0.39 is 0 Å². The second-order valence-electron chi connectivity index (χ2n) is 5.25. The zero-order valence-corrected chi connectivity index (χ0v) is 10.1. The van der Waals surface area contributed by atoms with Crippen molar-refractivity contribution in [1.29, 1.82) is 0 Å². The minimum absolute atomic E-state index is 0.00576. The fourth-order valence-corrected chi connectivity index (χ4v) is 2.53. The largest absolute Gasteiger partial charge is 0.396 e. The number of hydrogen-bond donors (Lipinski definition) is 2. The highest BCUT2D eigenvalue weighted by Gasteiger charge is 2.28. The summed E-state index contributed by atoms with van der Waals surface area (Å²) in [7, 11) is 0. The van der Waals surface area contributed by atoms with Crippen molar-refractivity contribution in [3.63, 3.8) is 0 Å². The molecule has 2 atom stereocenters. The first-order valence-corrected chi connectivity index (χ1v) is 6.11. The first-order valence-electron chi connectivity index (χ1n) is 6.11. The Morgan fingerprint density at radius 3 is 2.73 bits per heavy atom.